The summed E-state index contributed by atoms with van der Waals surface area (Å²) in [7, 11) is 0. The first-order valence-corrected chi connectivity index (χ1v) is 7.38. The van der Waals surface area contributed by atoms with E-state index in [0.29, 0.717) is 18.6 Å². The number of carbonyl (C=O) groups excluding carboxylic acids is 1. The van der Waals surface area contributed by atoms with Crippen molar-refractivity contribution in [3.63, 3.8) is 0 Å². The third kappa shape index (κ3) is 3.62. The molecule has 0 radical (unpaired) electrons. The largest absolute Gasteiger partial charge is 0.489 e. The van der Waals surface area contributed by atoms with Crippen molar-refractivity contribution >= 4 is 5.78 Å². The fraction of sp³-hybridized carbons (Fsp3) is 0.211. The molecule has 0 saturated carbocycles. The van der Waals surface area contributed by atoms with Crippen LogP contribution in [0.15, 0.2) is 66.2 Å². The van der Waals surface area contributed by atoms with Crippen LogP contribution in [0.1, 0.15) is 17.5 Å². The zero-order valence-corrected chi connectivity index (χ0v) is 12.2. The number of benzene rings is 2. The second kappa shape index (κ2) is 6.58. The molecular weight excluding hydrogens is 276 g/mol. The molecule has 0 spiro atoms. The van der Waals surface area contributed by atoms with Crippen molar-refractivity contribution in [2.24, 2.45) is 0 Å². The SMILES string of the molecule is O=C1C[C@H](O)C=C1Cc1cccc(OCc2ccccc2)c1. The van der Waals surface area contributed by atoms with Crippen molar-refractivity contribution in [2.45, 2.75) is 25.6 Å². The summed E-state index contributed by atoms with van der Waals surface area (Å²) in [6.45, 7) is 0.518. The molecule has 3 heteroatoms. The van der Waals surface area contributed by atoms with E-state index in [1.54, 1.807) is 6.08 Å². The molecule has 1 N–H and O–H groups in total. The van der Waals surface area contributed by atoms with Gasteiger partial charge in [-0.05, 0) is 34.9 Å². The normalized spacial score (nSPS) is 17.4. The maximum absolute atomic E-state index is 11.7. The van der Waals surface area contributed by atoms with Crippen LogP contribution in [0.25, 0.3) is 0 Å². The molecule has 2 aromatic carbocycles. The lowest BCUT2D eigenvalue weighted by Gasteiger charge is -2.08. The number of allylic oxidation sites excluding steroid dienone is 1. The molecule has 112 valence electrons. The number of aliphatic hydroxyl groups is 1. The summed E-state index contributed by atoms with van der Waals surface area (Å²) in [6.07, 6.45) is 1.78. The van der Waals surface area contributed by atoms with Gasteiger partial charge in [-0.3, -0.25) is 4.79 Å². The Kier molecular flexibility index (Phi) is 4.35. The molecule has 1 aliphatic rings. The van der Waals surface area contributed by atoms with E-state index in [1.165, 1.54) is 0 Å². The summed E-state index contributed by atoms with van der Waals surface area (Å²) in [5.41, 5.74) is 2.82. The standard InChI is InChI=1S/C19H18O3/c20-17-11-16(19(21)12-17)9-15-7-4-8-18(10-15)22-13-14-5-2-1-3-6-14/h1-8,10-11,17,20H,9,12-13H2/t17-/m1/s1. The van der Waals surface area contributed by atoms with Crippen molar-refractivity contribution < 1.29 is 14.6 Å². The Morgan fingerprint density at radius 1 is 1.05 bits per heavy atom. The van der Waals surface area contributed by atoms with Gasteiger partial charge >= 0.3 is 0 Å². The first-order valence-electron chi connectivity index (χ1n) is 7.38. The van der Waals surface area contributed by atoms with Crippen molar-refractivity contribution in [2.75, 3.05) is 0 Å². The van der Waals surface area contributed by atoms with Gasteiger partial charge < -0.3 is 9.84 Å². The molecule has 1 atom stereocenters. The summed E-state index contributed by atoms with van der Waals surface area (Å²) >= 11 is 0. The van der Waals surface area contributed by atoms with Crippen LogP contribution in [0, 0.1) is 0 Å². The predicted molar refractivity (Wildman–Crippen MR) is 84.6 cm³/mol. The van der Waals surface area contributed by atoms with Crippen molar-refractivity contribution in [1.82, 2.24) is 0 Å². The van der Waals surface area contributed by atoms with Gasteiger partial charge in [0.1, 0.15) is 12.4 Å². The predicted octanol–water partition coefficient (Wildman–Crippen LogP) is 3.07. The molecule has 0 amide bonds. The van der Waals surface area contributed by atoms with Gasteiger partial charge in [0.05, 0.1) is 6.10 Å². The zero-order chi connectivity index (χ0) is 15.4. The van der Waals surface area contributed by atoms with Gasteiger partial charge in [0.15, 0.2) is 5.78 Å². The minimum absolute atomic E-state index is 0.0307. The van der Waals surface area contributed by atoms with Crippen molar-refractivity contribution in [3.05, 3.63) is 77.4 Å². The van der Waals surface area contributed by atoms with E-state index < -0.39 is 6.10 Å². The maximum Gasteiger partial charge on any atom is 0.161 e. The Bertz CT molecular complexity index is 689. The lowest BCUT2D eigenvalue weighted by Crippen LogP contribution is -2.02. The minimum Gasteiger partial charge on any atom is -0.489 e. The summed E-state index contributed by atoms with van der Waals surface area (Å²) in [4.78, 5) is 11.7. The highest BCUT2D eigenvalue weighted by molar-refractivity contribution is 5.98. The average Bonchev–Trinajstić information content (AvgIpc) is 2.84. The topological polar surface area (TPSA) is 46.5 Å². The van der Waals surface area contributed by atoms with Crippen molar-refractivity contribution in [3.8, 4) is 5.75 Å². The lowest BCUT2D eigenvalue weighted by molar-refractivity contribution is -0.115. The fourth-order valence-electron chi connectivity index (χ4n) is 2.57. The first-order chi connectivity index (χ1) is 10.7. The molecular formula is C19H18O3. The highest BCUT2D eigenvalue weighted by Crippen LogP contribution is 2.22. The monoisotopic (exact) mass is 294 g/mol. The molecule has 0 heterocycles. The molecule has 1 aliphatic carbocycles. The van der Waals surface area contributed by atoms with Crippen LogP contribution in [0.2, 0.25) is 0 Å². The number of carbonyl (C=O) groups is 1. The van der Waals surface area contributed by atoms with Gasteiger partial charge in [0, 0.05) is 12.8 Å². The molecule has 0 saturated heterocycles. The van der Waals surface area contributed by atoms with Gasteiger partial charge in [-0.15, -0.1) is 0 Å². The number of Topliss-reactive ketones (excluding diaryl/α,β-unsaturated/α-hetero) is 1. The average molecular weight is 294 g/mol. The van der Waals surface area contributed by atoms with Crippen LogP contribution < -0.4 is 4.74 Å². The molecule has 3 rings (SSSR count). The van der Waals surface area contributed by atoms with E-state index in [1.807, 2.05) is 54.6 Å². The number of rotatable bonds is 5. The molecule has 3 nitrogen and oxygen atoms in total. The van der Waals surface area contributed by atoms with E-state index in [9.17, 15) is 9.90 Å². The number of hydrogen-bond acceptors (Lipinski definition) is 3. The zero-order valence-electron chi connectivity index (χ0n) is 12.2. The number of aliphatic hydroxyl groups excluding tert-OH is 1. The summed E-state index contributed by atoms with van der Waals surface area (Å²) in [6, 6.07) is 17.7. The summed E-state index contributed by atoms with van der Waals surface area (Å²) < 4.78 is 5.79. The smallest absolute Gasteiger partial charge is 0.161 e. The third-order valence-corrected chi connectivity index (χ3v) is 3.69. The number of ketones is 1. The van der Waals surface area contributed by atoms with Crippen molar-refractivity contribution in [1.29, 1.82) is 0 Å². The quantitative estimate of drug-likeness (QED) is 0.922. The van der Waals surface area contributed by atoms with Crippen LogP contribution >= 0.6 is 0 Å². The maximum atomic E-state index is 11.7. The highest BCUT2D eigenvalue weighted by Gasteiger charge is 2.22. The first kappa shape index (κ1) is 14.5. The third-order valence-electron chi connectivity index (χ3n) is 3.69. The molecule has 2 aromatic rings. The summed E-state index contributed by atoms with van der Waals surface area (Å²) in [5.74, 6) is 0.816. The fourth-order valence-corrected chi connectivity index (χ4v) is 2.57. The van der Waals surface area contributed by atoms with Gasteiger partial charge in [0.2, 0.25) is 0 Å². The molecule has 0 bridgehead atoms. The molecule has 0 unspecified atom stereocenters. The Morgan fingerprint density at radius 3 is 2.55 bits per heavy atom. The Morgan fingerprint density at radius 2 is 1.82 bits per heavy atom. The van der Waals surface area contributed by atoms with Gasteiger partial charge in [0.25, 0.3) is 0 Å². The van der Waals surface area contributed by atoms with Crippen LogP contribution in [0.3, 0.4) is 0 Å². The van der Waals surface area contributed by atoms with E-state index in [2.05, 4.69) is 0 Å². The van der Waals surface area contributed by atoms with E-state index in [0.717, 1.165) is 16.9 Å². The van der Waals surface area contributed by atoms with Crippen LogP contribution in [-0.4, -0.2) is 17.0 Å². The Hall–Kier alpha value is -2.39. The second-order valence-corrected chi connectivity index (χ2v) is 5.49. The van der Waals surface area contributed by atoms with E-state index >= 15 is 0 Å². The highest BCUT2D eigenvalue weighted by atomic mass is 16.5. The Labute approximate surface area is 129 Å². The number of ether oxygens (including phenoxy) is 1. The van der Waals surface area contributed by atoms with E-state index in [-0.39, 0.29) is 12.2 Å². The molecule has 0 aliphatic heterocycles. The molecule has 0 aromatic heterocycles. The van der Waals surface area contributed by atoms with Gasteiger partial charge in [-0.25, -0.2) is 0 Å². The van der Waals surface area contributed by atoms with Crippen LogP contribution in [0.4, 0.5) is 0 Å². The Balaban J connectivity index is 1.65. The number of hydrogen-bond donors (Lipinski definition) is 1. The van der Waals surface area contributed by atoms with Gasteiger partial charge in [-0.1, -0.05) is 42.5 Å². The van der Waals surface area contributed by atoms with Crippen LogP contribution in [-0.2, 0) is 17.8 Å². The lowest BCUT2D eigenvalue weighted by atomic mass is 10.0. The minimum atomic E-state index is -0.625. The van der Waals surface area contributed by atoms with E-state index in [4.69, 9.17) is 4.74 Å². The van der Waals surface area contributed by atoms with Crippen LogP contribution in [0.5, 0.6) is 5.75 Å². The molecule has 0 fully saturated rings. The van der Waals surface area contributed by atoms with Gasteiger partial charge in [-0.2, -0.15) is 0 Å². The second-order valence-electron chi connectivity index (χ2n) is 5.49. The molecule has 22 heavy (non-hydrogen) atoms. The summed E-state index contributed by atoms with van der Waals surface area (Å²) in [5, 5.41) is 9.49.